The predicted molar refractivity (Wildman–Crippen MR) is 276 cm³/mol. The summed E-state index contributed by atoms with van der Waals surface area (Å²) in [5.41, 5.74) is 17.2. The Hall–Kier alpha value is -4.23. The van der Waals surface area contributed by atoms with Crippen LogP contribution in [0.2, 0.25) is 0 Å². The SMILES string of the molecule is Cc1c(N(C)C)c(N(C)C)c([Si](Cl)(c2c(N(C)C)c(N(C)C)c(C)c(N(C)C)c2N(C)C)c2c(N(C)C)c(N(C)C)c(C)c(N(C)C)c2N(C)C)c(N(C)C)c1N(C)C. The van der Waals surface area contributed by atoms with Gasteiger partial charge in [0.25, 0.3) is 7.38 Å². The number of anilines is 12. The van der Waals surface area contributed by atoms with Gasteiger partial charge in [-0.3, -0.25) is 0 Å². The molecule has 0 unspecified atom stereocenters. The largest absolute Gasteiger partial charge is 0.376 e. The summed E-state index contributed by atoms with van der Waals surface area (Å²) in [5.74, 6) is 0. The molecule has 12 nitrogen and oxygen atoms in total. The van der Waals surface area contributed by atoms with E-state index in [-0.39, 0.29) is 0 Å². The van der Waals surface area contributed by atoms with E-state index in [1.807, 2.05) is 0 Å². The van der Waals surface area contributed by atoms with Crippen LogP contribution in [0.25, 0.3) is 0 Å². The lowest BCUT2D eigenvalue weighted by molar-refractivity contribution is 1.03. The first kappa shape index (κ1) is 49.1. The van der Waals surface area contributed by atoms with Crippen molar-refractivity contribution in [3.8, 4) is 0 Å². The van der Waals surface area contributed by atoms with Crippen molar-refractivity contribution in [3.05, 3.63) is 16.7 Å². The summed E-state index contributed by atoms with van der Waals surface area (Å²) >= 11 is 9.70. The molecule has 0 radical (unpaired) electrons. The summed E-state index contributed by atoms with van der Waals surface area (Å²) in [6.07, 6.45) is 0. The second kappa shape index (κ2) is 17.8. The Morgan fingerprint density at radius 2 is 0.322 bits per heavy atom. The average Bonchev–Trinajstić information content (AvgIpc) is 3.07. The number of halogens is 1. The van der Waals surface area contributed by atoms with Crippen LogP contribution >= 0.6 is 11.1 Å². The van der Waals surface area contributed by atoms with Crippen LogP contribution in [-0.2, 0) is 0 Å². The third kappa shape index (κ3) is 8.05. The summed E-state index contributed by atoms with van der Waals surface area (Å²) < 4.78 is 0. The van der Waals surface area contributed by atoms with E-state index in [0.29, 0.717) is 0 Å². The maximum absolute atomic E-state index is 9.70. The number of benzene rings is 3. The number of rotatable bonds is 15. The smallest absolute Gasteiger partial charge is 0.260 e. The molecular formula is C45H81ClN12Si. The Balaban J connectivity index is 3.44. The lowest BCUT2D eigenvalue weighted by atomic mass is 10.0. The van der Waals surface area contributed by atoms with Gasteiger partial charge in [0.1, 0.15) is 0 Å². The van der Waals surface area contributed by atoms with Crippen LogP contribution in [0.5, 0.6) is 0 Å². The van der Waals surface area contributed by atoms with E-state index in [1.165, 1.54) is 16.7 Å². The Bertz CT molecular complexity index is 1660. The van der Waals surface area contributed by atoms with Gasteiger partial charge in [-0.2, -0.15) is 0 Å². The highest BCUT2D eigenvalue weighted by Gasteiger charge is 2.54. The zero-order valence-electron chi connectivity index (χ0n) is 42.2. The van der Waals surface area contributed by atoms with Gasteiger partial charge in [-0.05, 0) is 37.5 Å². The van der Waals surface area contributed by atoms with Crippen LogP contribution in [0.3, 0.4) is 0 Å². The summed E-state index contributed by atoms with van der Waals surface area (Å²) in [4.78, 5) is 27.6. The lowest BCUT2D eigenvalue weighted by Gasteiger charge is -2.46. The summed E-state index contributed by atoms with van der Waals surface area (Å²) in [5, 5.41) is 3.42. The molecule has 0 fully saturated rings. The van der Waals surface area contributed by atoms with Crippen molar-refractivity contribution in [1.29, 1.82) is 0 Å². The molecule has 0 heterocycles. The van der Waals surface area contributed by atoms with Crippen molar-refractivity contribution in [3.63, 3.8) is 0 Å². The summed E-state index contributed by atoms with van der Waals surface area (Å²) in [6.45, 7) is 6.79. The van der Waals surface area contributed by atoms with E-state index in [2.05, 4.69) is 249 Å². The quantitative estimate of drug-likeness (QED) is 0.122. The van der Waals surface area contributed by atoms with Crippen molar-refractivity contribution in [2.75, 3.05) is 228 Å². The standard InChI is InChI=1S/C45H81ClN12Si/c1-28-31(47(4)5)37(53(16)17)43(38(54(18)19)32(28)48(6)7)59(46,44-39(55(20)21)33(49(8)9)29(2)34(50(10)11)40(44)56(22)23)45-41(57(24)25)35(51(12)13)30(3)36(52(14)15)42(45)58(26)27/h1-27H3. The van der Waals surface area contributed by atoms with E-state index in [4.69, 9.17) is 0 Å². The van der Waals surface area contributed by atoms with Crippen molar-refractivity contribution in [2.45, 2.75) is 20.8 Å². The Labute approximate surface area is 366 Å². The fourth-order valence-electron chi connectivity index (χ4n) is 9.70. The molecular weight excluding hydrogens is 772 g/mol. The summed E-state index contributed by atoms with van der Waals surface area (Å²) in [7, 11) is 48.2. The van der Waals surface area contributed by atoms with Gasteiger partial charge in [-0.1, -0.05) is 0 Å². The first-order valence-electron chi connectivity index (χ1n) is 20.4. The Morgan fingerprint density at radius 3 is 0.407 bits per heavy atom. The van der Waals surface area contributed by atoms with Gasteiger partial charge < -0.3 is 58.8 Å². The highest BCUT2D eigenvalue weighted by atomic mass is 35.6. The molecule has 0 aromatic heterocycles. The molecule has 0 spiro atoms. The maximum atomic E-state index is 9.70. The minimum atomic E-state index is -3.99. The zero-order chi connectivity index (χ0) is 45.8. The van der Waals surface area contributed by atoms with Gasteiger partial charge >= 0.3 is 0 Å². The van der Waals surface area contributed by atoms with E-state index < -0.39 is 7.38 Å². The van der Waals surface area contributed by atoms with Crippen molar-refractivity contribution in [2.24, 2.45) is 0 Å². The molecule has 0 saturated heterocycles. The van der Waals surface area contributed by atoms with E-state index in [9.17, 15) is 11.1 Å². The fraction of sp³-hybridized carbons (Fsp3) is 0.600. The second-order valence-corrected chi connectivity index (χ2v) is 23.1. The fourth-order valence-corrected chi connectivity index (χ4v) is 16.1. The van der Waals surface area contributed by atoms with Gasteiger partial charge in [0, 0.05) is 185 Å². The molecule has 0 N–H and O–H groups in total. The van der Waals surface area contributed by atoms with E-state index in [1.54, 1.807) is 0 Å². The Morgan fingerprint density at radius 1 is 0.220 bits per heavy atom. The molecule has 3 aromatic rings. The molecule has 0 atom stereocenters. The maximum Gasteiger partial charge on any atom is 0.260 e. The zero-order valence-corrected chi connectivity index (χ0v) is 44.0. The number of hydrogen-bond donors (Lipinski definition) is 0. The van der Waals surface area contributed by atoms with Crippen molar-refractivity contribution < 1.29 is 0 Å². The minimum Gasteiger partial charge on any atom is -0.376 e. The van der Waals surface area contributed by atoms with Crippen LogP contribution in [-0.4, -0.2) is 177 Å². The number of nitrogens with zero attached hydrogens (tertiary/aromatic N) is 12. The minimum absolute atomic E-state index is 1.11. The van der Waals surface area contributed by atoms with Gasteiger partial charge in [-0.25, -0.2) is 0 Å². The second-order valence-electron chi connectivity index (χ2n) is 18.6. The predicted octanol–water partition coefficient (Wildman–Crippen LogP) is 4.61. The van der Waals surface area contributed by atoms with Crippen molar-refractivity contribution in [1.82, 2.24) is 0 Å². The summed E-state index contributed by atoms with van der Waals surface area (Å²) in [6, 6.07) is 0. The lowest BCUT2D eigenvalue weighted by Crippen LogP contribution is -2.68. The van der Waals surface area contributed by atoms with E-state index >= 15 is 0 Å². The molecule has 3 rings (SSSR count). The molecule has 59 heavy (non-hydrogen) atoms. The average molecular weight is 854 g/mol. The highest BCUT2D eigenvalue weighted by Crippen LogP contribution is 2.51. The molecule has 0 amide bonds. The van der Waals surface area contributed by atoms with Crippen molar-refractivity contribution >= 4 is 102 Å². The van der Waals surface area contributed by atoms with Crippen LogP contribution in [0.4, 0.5) is 68.2 Å². The van der Waals surface area contributed by atoms with Crippen LogP contribution in [0.1, 0.15) is 16.7 Å². The molecule has 0 aliphatic rings. The normalized spacial score (nSPS) is 11.4. The van der Waals surface area contributed by atoms with Crippen LogP contribution in [0, 0.1) is 20.8 Å². The van der Waals surface area contributed by atoms with Gasteiger partial charge in [0.05, 0.1) is 68.2 Å². The van der Waals surface area contributed by atoms with E-state index in [0.717, 1.165) is 83.8 Å². The third-order valence-electron chi connectivity index (χ3n) is 11.3. The molecule has 0 bridgehead atoms. The first-order valence-corrected chi connectivity index (χ1v) is 23.4. The van der Waals surface area contributed by atoms with Gasteiger partial charge in [0.15, 0.2) is 0 Å². The van der Waals surface area contributed by atoms with Crippen LogP contribution in [0.15, 0.2) is 0 Å². The molecule has 332 valence electrons. The monoisotopic (exact) mass is 853 g/mol. The topological polar surface area (TPSA) is 38.9 Å². The first-order chi connectivity index (χ1) is 27.0. The molecule has 0 aliphatic heterocycles. The van der Waals surface area contributed by atoms with Crippen LogP contribution < -0.4 is 74.4 Å². The third-order valence-corrected chi connectivity index (χ3v) is 16.5. The van der Waals surface area contributed by atoms with Gasteiger partial charge in [0.2, 0.25) is 0 Å². The molecule has 3 aromatic carbocycles. The number of hydrogen-bond acceptors (Lipinski definition) is 12. The Kier molecular flexibility index (Phi) is 14.8. The highest BCUT2D eigenvalue weighted by molar-refractivity contribution is 7.43. The molecule has 14 heteroatoms. The molecule has 0 saturated carbocycles. The molecule has 0 aliphatic carbocycles. The van der Waals surface area contributed by atoms with Gasteiger partial charge in [-0.15, -0.1) is 11.1 Å².